The predicted molar refractivity (Wildman–Crippen MR) is 106 cm³/mol. The normalized spacial score (nSPS) is 22.0. The van der Waals surface area contributed by atoms with Crippen LogP contribution in [0, 0.1) is 5.92 Å². The van der Waals surface area contributed by atoms with Crippen LogP contribution >= 0.6 is 12.2 Å². The minimum atomic E-state index is -0.765. The van der Waals surface area contributed by atoms with Gasteiger partial charge in [-0.15, -0.1) is 0 Å². The molecule has 0 saturated carbocycles. The fourth-order valence-electron chi connectivity index (χ4n) is 3.69. The molecule has 0 radical (unpaired) electrons. The minimum Gasteiger partial charge on any atom is -0.457 e. The van der Waals surface area contributed by atoms with Crippen molar-refractivity contribution < 1.29 is 19.4 Å². The van der Waals surface area contributed by atoms with Gasteiger partial charge >= 0.3 is 5.97 Å². The maximum absolute atomic E-state index is 12.6. The molecule has 0 unspecified atom stereocenters. The highest BCUT2D eigenvalue weighted by Gasteiger charge is 2.56. The van der Waals surface area contributed by atoms with E-state index in [1.165, 1.54) is 11.0 Å². The Morgan fingerprint density at radius 2 is 2.15 bits per heavy atom. The van der Waals surface area contributed by atoms with Crippen molar-refractivity contribution >= 4 is 34.7 Å². The minimum absolute atomic E-state index is 0.0670. The van der Waals surface area contributed by atoms with Gasteiger partial charge in [0, 0.05) is 12.6 Å². The standard InChI is InChI=1S/C20H22N2O4S/c1-4-9-26-20(25)17-14(10-15-16(11(2)23)19(24)22(15)17)12-5-7-13(8-6-12)18(27)21-3/h4-8,11,15-16,23H,1,9-10H2,2-3H3,(H,21,27)/t11-,15-,16-/m1/s1. The Bertz CT molecular complexity index is 829. The van der Waals surface area contributed by atoms with Gasteiger partial charge in [-0.1, -0.05) is 49.1 Å². The van der Waals surface area contributed by atoms with Crippen molar-refractivity contribution in [1.29, 1.82) is 0 Å². The number of amides is 1. The van der Waals surface area contributed by atoms with Crippen molar-refractivity contribution in [2.75, 3.05) is 13.7 Å². The highest BCUT2D eigenvalue weighted by molar-refractivity contribution is 7.80. The number of aliphatic hydroxyl groups is 1. The number of ether oxygens (including phenoxy) is 1. The summed E-state index contributed by atoms with van der Waals surface area (Å²) in [6.07, 6.45) is 1.21. The van der Waals surface area contributed by atoms with Crippen LogP contribution in [-0.2, 0) is 14.3 Å². The largest absolute Gasteiger partial charge is 0.457 e. The Morgan fingerprint density at radius 1 is 1.48 bits per heavy atom. The van der Waals surface area contributed by atoms with E-state index in [1.807, 2.05) is 24.3 Å². The molecule has 2 N–H and O–H groups in total. The predicted octanol–water partition coefficient (Wildman–Crippen LogP) is 1.63. The lowest BCUT2D eigenvalue weighted by Gasteiger charge is -2.44. The summed E-state index contributed by atoms with van der Waals surface area (Å²) in [6, 6.07) is 7.28. The number of hydrogen-bond acceptors (Lipinski definition) is 5. The van der Waals surface area contributed by atoms with Crippen LogP contribution in [0.2, 0.25) is 0 Å². The Morgan fingerprint density at radius 3 is 2.70 bits per heavy atom. The lowest BCUT2D eigenvalue weighted by molar-refractivity contribution is -0.162. The first-order valence-electron chi connectivity index (χ1n) is 8.75. The third-order valence-electron chi connectivity index (χ3n) is 4.98. The molecule has 0 aliphatic carbocycles. The SMILES string of the molecule is C=CCOC(=O)C1=C(c2ccc(C(=S)NC)cc2)C[C@@H]2[C@@H]([C@@H](C)O)C(=O)N12. The number of nitrogens with zero attached hydrogens (tertiary/aromatic N) is 1. The molecule has 142 valence electrons. The molecule has 0 spiro atoms. The number of nitrogens with one attached hydrogen (secondary N) is 1. The number of rotatable bonds is 6. The van der Waals surface area contributed by atoms with Gasteiger partial charge in [-0.2, -0.15) is 0 Å². The van der Waals surface area contributed by atoms with Gasteiger partial charge in [-0.3, -0.25) is 4.79 Å². The van der Waals surface area contributed by atoms with E-state index in [0.29, 0.717) is 11.4 Å². The van der Waals surface area contributed by atoms with Gasteiger partial charge in [0.25, 0.3) is 0 Å². The molecule has 27 heavy (non-hydrogen) atoms. The van der Waals surface area contributed by atoms with E-state index in [0.717, 1.165) is 16.7 Å². The van der Waals surface area contributed by atoms with Crippen LogP contribution < -0.4 is 5.32 Å². The van der Waals surface area contributed by atoms with Crippen molar-refractivity contribution in [2.45, 2.75) is 25.5 Å². The number of aliphatic hydroxyl groups excluding tert-OH is 1. The van der Waals surface area contributed by atoms with Gasteiger partial charge in [0.1, 0.15) is 17.3 Å². The lowest BCUT2D eigenvalue weighted by Crippen LogP contribution is -2.61. The topological polar surface area (TPSA) is 78.9 Å². The smallest absolute Gasteiger partial charge is 0.355 e. The monoisotopic (exact) mass is 386 g/mol. The molecule has 3 rings (SSSR count). The molecule has 1 aromatic carbocycles. The van der Waals surface area contributed by atoms with E-state index in [-0.39, 0.29) is 24.3 Å². The van der Waals surface area contributed by atoms with Crippen molar-refractivity contribution in [3.05, 3.63) is 53.7 Å². The fourth-order valence-corrected chi connectivity index (χ4v) is 3.82. The molecule has 6 nitrogen and oxygen atoms in total. The molecule has 0 aromatic heterocycles. The molecule has 2 heterocycles. The zero-order valence-electron chi connectivity index (χ0n) is 15.3. The van der Waals surface area contributed by atoms with Gasteiger partial charge in [-0.05, 0) is 24.5 Å². The number of esters is 1. The van der Waals surface area contributed by atoms with Crippen LogP contribution in [0.3, 0.4) is 0 Å². The molecule has 2 aliphatic rings. The summed E-state index contributed by atoms with van der Waals surface area (Å²) in [6.45, 7) is 5.21. The second-order valence-electron chi connectivity index (χ2n) is 6.62. The van der Waals surface area contributed by atoms with Crippen LogP contribution in [0.1, 0.15) is 24.5 Å². The van der Waals surface area contributed by atoms with Gasteiger partial charge < -0.3 is 20.1 Å². The van der Waals surface area contributed by atoms with E-state index in [2.05, 4.69) is 11.9 Å². The molecule has 7 heteroatoms. The Hall–Kier alpha value is -2.51. The fraction of sp³-hybridized carbons (Fsp3) is 0.350. The van der Waals surface area contributed by atoms with Crippen molar-refractivity contribution in [1.82, 2.24) is 10.2 Å². The number of thiocarbonyl (C=S) groups is 1. The van der Waals surface area contributed by atoms with E-state index in [1.54, 1.807) is 14.0 Å². The third-order valence-corrected chi connectivity index (χ3v) is 5.42. The summed E-state index contributed by atoms with van der Waals surface area (Å²) in [4.78, 5) is 27.2. The average molecular weight is 386 g/mol. The number of carbonyl (C=O) groups excluding carboxylic acids is 2. The van der Waals surface area contributed by atoms with Crippen LogP contribution in [0.5, 0.6) is 0 Å². The van der Waals surface area contributed by atoms with E-state index < -0.39 is 18.0 Å². The first-order valence-corrected chi connectivity index (χ1v) is 9.16. The molecule has 1 saturated heterocycles. The van der Waals surface area contributed by atoms with Crippen molar-refractivity contribution in [2.24, 2.45) is 5.92 Å². The summed E-state index contributed by atoms with van der Waals surface area (Å²) in [5, 5.41) is 12.8. The highest BCUT2D eigenvalue weighted by Crippen LogP contribution is 2.47. The zero-order chi connectivity index (χ0) is 19.7. The molecule has 2 aliphatic heterocycles. The maximum atomic E-state index is 12.6. The summed E-state index contributed by atoms with van der Waals surface area (Å²) in [5.74, 6) is -1.30. The third kappa shape index (κ3) is 3.28. The molecular weight excluding hydrogens is 364 g/mol. The second-order valence-corrected chi connectivity index (χ2v) is 7.03. The number of benzene rings is 1. The van der Waals surface area contributed by atoms with Crippen molar-refractivity contribution in [3.8, 4) is 0 Å². The van der Waals surface area contributed by atoms with Crippen molar-refractivity contribution in [3.63, 3.8) is 0 Å². The first-order chi connectivity index (χ1) is 12.9. The van der Waals surface area contributed by atoms with E-state index in [4.69, 9.17) is 17.0 Å². The maximum Gasteiger partial charge on any atom is 0.355 e. The Labute approximate surface area is 163 Å². The molecule has 1 fully saturated rings. The number of carbonyl (C=O) groups is 2. The summed E-state index contributed by atoms with van der Waals surface area (Å²) in [7, 11) is 1.76. The van der Waals surface area contributed by atoms with Crippen LogP contribution in [0.25, 0.3) is 5.57 Å². The van der Waals surface area contributed by atoms with E-state index >= 15 is 0 Å². The average Bonchev–Trinajstić information content (AvgIpc) is 3.00. The molecule has 1 aromatic rings. The van der Waals surface area contributed by atoms with Gasteiger partial charge in [-0.25, -0.2) is 4.79 Å². The molecule has 0 bridgehead atoms. The number of hydrogen-bond donors (Lipinski definition) is 2. The summed E-state index contributed by atoms with van der Waals surface area (Å²) < 4.78 is 5.20. The van der Waals surface area contributed by atoms with Crippen LogP contribution in [0.4, 0.5) is 0 Å². The van der Waals surface area contributed by atoms with E-state index in [9.17, 15) is 14.7 Å². The van der Waals surface area contributed by atoms with Crippen LogP contribution in [0.15, 0.2) is 42.6 Å². The van der Waals surface area contributed by atoms with Gasteiger partial charge in [0.15, 0.2) is 0 Å². The summed E-state index contributed by atoms with van der Waals surface area (Å²) in [5.41, 5.74) is 2.70. The molecule has 1 amide bonds. The number of β-lactam (4-membered cyclic amide) rings is 1. The Balaban J connectivity index is 1.97. The molecule has 3 atom stereocenters. The molecular formula is C20H22N2O4S. The Kier molecular flexibility index (Phi) is 5.43. The van der Waals surface area contributed by atoms with Crippen LogP contribution in [-0.4, -0.2) is 52.7 Å². The zero-order valence-corrected chi connectivity index (χ0v) is 16.1. The number of fused-ring (bicyclic) bond motifs is 1. The lowest BCUT2D eigenvalue weighted by atomic mass is 9.82. The van der Waals surface area contributed by atoms with Gasteiger partial charge in [0.2, 0.25) is 5.91 Å². The second kappa shape index (κ2) is 7.62. The summed E-state index contributed by atoms with van der Waals surface area (Å²) >= 11 is 5.23. The quantitative estimate of drug-likeness (QED) is 0.335. The highest BCUT2D eigenvalue weighted by atomic mass is 32.1. The van der Waals surface area contributed by atoms with Gasteiger partial charge in [0.05, 0.1) is 18.1 Å². The first kappa shape index (κ1) is 19.3.